The van der Waals surface area contributed by atoms with E-state index in [0.29, 0.717) is 0 Å². The Balaban J connectivity index is 2.34. The SMILES string of the molecule is ClC1=CC(c2ccccc2)=CC1. The van der Waals surface area contributed by atoms with Crippen LogP contribution in [-0.4, -0.2) is 0 Å². The topological polar surface area (TPSA) is 0 Å². The summed E-state index contributed by atoms with van der Waals surface area (Å²) in [4.78, 5) is 0. The van der Waals surface area contributed by atoms with Crippen LogP contribution in [0, 0.1) is 0 Å². The van der Waals surface area contributed by atoms with Crippen molar-refractivity contribution in [3.63, 3.8) is 0 Å². The van der Waals surface area contributed by atoms with Gasteiger partial charge in [0.25, 0.3) is 0 Å². The van der Waals surface area contributed by atoms with Gasteiger partial charge in [-0.2, -0.15) is 0 Å². The highest BCUT2D eigenvalue weighted by molar-refractivity contribution is 6.31. The van der Waals surface area contributed by atoms with E-state index in [1.54, 1.807) is 0 Å². The molecule has 0 saturated heterocycles. The van der Waals surface area contributed by atoms with Gasteiger partial charge in [0.2, 0.25) is 0 Å². The molecular weight excluding hydrogens is 168 g/mol. The molecule has 1 aliphatic rings. The maximum Gasteiger partial charge on any atom is 0.0225 e. The third-order valence-electron chi connectivity index (χ3n) is 1.94. The first-order chi connectivity index (χ1) is 5.86. The highest BCUT2D eigenvalue weighted by atomic mass is 35.5. The number of benzene rings is 1. The molecule has 1 aromatic carbocycles. The van der Waals surface area contributed by atoms with Crippen molar-refractivity contribution in [2.75, 3.05) is 0 Å². The summed E-state index contributed by atoms with van der Waals surface area (Å²) in [5.74, 6) is 0. The first-order valence-electron chi connectivity index (χ1n) is 3.98. The normalized spacial score (nSPS) is 15.8. The van der Waals surface area contributed by atoms with Gasteiger partial charge < -0.3 is 0 Å². The van der Waals surface area contributed by atoms with E-state index >= 15 is 0 Å². The molecule has 0 saturated carbocycles. The summed E-state index contributed by atoms with van der Waals surface area (Å²) in [7, 11) is 0. The van der Waals surface area contributed by atoms with Crippen LogP contribution in [-0.2, 0) is 0 Å². The van der Waals surface area contributed by atoms with Crippen molar-refractivity contribution in [1.29, 1.82) is 0 Å². The standard InChI is InChI=1S/C11H9Cl/c12-11-7-6-10(8-11)9-4-2-1-3-5-9/h1-6,8H,7H2. The summed E-state index contributed by atoms with van der Waals surface area (Å²) in [6.45, 7) is 0. The number of allylic oxidation sites excluding steroid dienone is 4. The van der Waals surface area contributed by atoms with Crippen molar-refractivity contribution in [3.05, 3.63) is 53.1 Å². The van der Waals surface area contributed by atoms with E-state index in [4.69, 9.17) is 11.6 Å². The zero-order valence-corrected chi connectivity index (χ0v) is 7.38. The Hall–Kier alpha value is -1.01. The molecular formula is C11H9Cl. The summed E-state index contributed by atoms with van der Waals surface area (Å²) in [6, 6.07) is 10.3. The van der Waals surface area contributed by atoms with Gasteiger partial charge in [0.15, 0.2) is 0 Å². The second kappa shape index (κ2) is 3.16. The molecule has 0 nitrogen and oxygen atoms in total. The second-order valence-corrected chi connectivity index (χ2v) is 3.31. The fourth-order valence-electron chi connectivity index (χ4n) is 1.33. The van der Waals surface area contributed by atoms with Crippen molar-refractivity contribution in [3.8, 4) is 0 Å². The highest BCUT2D eigenvalue weighted by Crippen LogP contribution is 2.27. The second-order valence-electron chi connectivity index (χ2n) is 2.82. The van der Waals surface area contributed by atoms with Gasteiger partial charge >= 0.3 is 0 Å². The maximum atomic E-state index is 5.87. The van der Waals surface area contributed by atoms with Crippen LogP contribution in [0.3, 0.4) is 0 Å². The fraction of sp³-hybridized carbons (Fsp3) is 0.0909. The van der Waals surface area contributed by atoms with Crippen molar-refractivity contribution in [1.82, 2.24) is 0 Å². The van der Waals surface area contributed by atoms with Crippen LogP contribution >= 0.6 is 11.6 Å². The quantitative estimate of drug-likeness (QED) is 0.614. The smallest absolute Gasteiger partial charge is 0.0225 e. The summed E-state index contributed by atoms with van der Waals surface area (Å²) in [5.41, 5.74) is 2.48. The lowest BCUT2D eigenvalue weighted by atomic mass is 10.1. The molecule has 2 rings (SSSR count). The minimum atomic E-state index is 0.881. The first kappa shape index (κ1) is 7.63. The molecule has 1 heteroatoms. The van der Waals surface area contributed by atoms with Crippen molar-refractivity contribution < 1.29 is 0 Å². The van der Waals surface area contributed by atoms with Crippen LogP contribution < -0.4 is 0 Å². The van der Waals surface area contributed by atoms with Gasteiger partial charge in [-0.3, -0.25) is 0 Å². The summed E-state index contributed by atoms with van der Waals surface area (Å²) < 4.78 is 0. The van der Waals surface area contributed by atoms with Crippen LogP contribution in [0.4, 0.5) is 0 Å². The Bertz CT molecular complexity index is 333. The molecule has 0 aliphatic heterocycles. The van der Waals surface area contributed by atoms with Gasteiger partial charge in [0.05, 0.1) is 0 Å². The Kier molecular flexibility index (Phi) is 2.01. The molecule has 0 atom stereocenters. The van der Waals surface area contributed by atoms with Gasteiger partial charge in [-0.05, 0) is 17.2 Å². The molecule has 60 valence electrons. The van der Waals surface area contributed by atoms with E-state index in [-0.39, 0.29) is 0 Å². The van der Waals surface area contributed by atoms with Crippen molar-refractivity contribution >= 4 is 17.2 Å². The Morgan fingerprint density at radius 1 is 1.08 bits per heavy atom. The third-order valence-corrected chi connectivity index (χ3v) is 2.20. The molecule has 0 bridgehead atoms. The van der Waals surface area contributed by atoms with E-state index < -0.39 is 0 Å². The lowest BCUT2D eigenvalue weighted by molar-refractivity contribution is 1.41. The largest absolute Gasteiger partial charge is 0.0888 e. The Morgan fingerprint density at radius 2 is 1.83 bits per heavy atom. The van der Waals surface area contributed by atoms with Crippen LogP contribution in [0.5, 0.6) is 0 Å². The Labute approximate surface area is 77.2 Å². The first-order valence-corrected chi connectivity index (χ1v) is 4.36. The number of hydrogen-bond donors (Lipinski definition) is 0. The third kappa shape index (κ3) is 1.44. The molecule has 0 radical (unpaired) electrons. The van der Waals surface area contributed by atoms with Crippen molar-refractivity contribution in [2.24, 2.45) is 0 Å². The van der Waals surface area contributed by atoms with E-state index in [0.717, 1.165) is 11.5 Å². The summed E-state index contributed by atoms with van der Waals surface area (Å²) in [5, 5.41) is 0.925. The fourth-order valence-corrected chi connectivity index (χ4v) is 1.52. The predicted molar refractivity (Wildman–Crippen MR) is 53.0 cm³/mol. The summed E-state index contributed by atoms with van der Waals surface area (Å²) >= 11 is 5.87. The molecule has 0 fully saturated rings. The zero-order valence-electron chi connectivity index (χ0n) is 6.63. The molecule has 0 heterocycles. The lowest BCUT2D eigenvalue weighted by Gasteiger charge is -1.96. The monoisotopic (exact) mass is 176 g/mol. The van der Waals surface area contributed by atoms with Gasteiger partial charge in [-0.25, -0.2) is 0 Å². The van der Waals surface area contributed by atoms with E-state index in [9.17, 15) is 0 Å². The molecule has 0 amide bonds. The Morgan fingerprint density at radius 3 is 2.42 bits per heavy atom. The number of hydrogen-bond acceptors (Lipinski definition) is 0. The van der Waals surface area contributed by atoms with Crippen LogP contribution in [0.2, 0.25) is 0 Å². The molecule has 0 aromatic heterocycles. The average Bonchev–Trinajstić information content (AvgIpc) is 2.54. The minimum Gasteiger partial charge on any atom is -0.0888 e. The predicted octanol–water partition coefficient (Wildman–Crippen LogP) is 3.60. The summed E-state index contributed by atoms with van der Waals surface area (Å²) in [6.07, 6.45) is 5.06. The minimum absolute atomic E-state index is 0.881. The maximum absolute atomic E-state index is 5.87. The molecule has 0 spiro atoms. The van der Waals surface area contributed by atoms with E-state index in [1.165, 1.54) is 11.1 Å². The average molecular weight is 177 g/mol. The van der Waals surface area contributed by atoms with Crippen LogP contribution in [0.25, 0.3) is 5.57 Å². The van der Waals surface area contributed by atoms with Gasteiger partial charge in [0, 0.05) is 11.5 Å². The van der Waals surface area contributed by atoms with Crippen LogP contribution in [0.1, 0.15) is 12.0 Å². The van der Waals surface area contributed by atoms with Gasteiger partial charge in [-0.1, -0.05) is 48.0 Å². The molecule has 1 aromatic rings. The highest BCUT2D eigenvalue weighted by Gasteiger charge is 2.04. The van der Waals surface area contributed by atoms with E-state index in [2.05, 4.69) is 18.2 Å². The van der Waals surface area contributed by atoms with Gasteiger partial charge in [-0.15, -0.1) is 0 Å². The molecule has 0 unspecified atom stereocenters. The molecule has 1 aliphatic carbocycles. The number of rotatable bonds is 1. The van der Waals surface area contributed by atoms with Crippen LogP contribution in [0.15, 0.2) is 47.5 Å². The number of halogens is 1. The zero-order chi connectivity index (χ0) is 8.39. The lowest BCUT2D eigenvalue weighted by Crippen LogP contribution is -1.75. The van der Waals surface area contributed by atoms with Gasteiger partial charge in [0.1, 0.15) is 0 Å². The van der Waals surface area contributed by atoms with E-state index in [1.807, 2.05) is 24.3 Å². The molecule has 12 heavy (non-hydrogen) atoms. The van der Waals surface area contributed by atoms with Crippen molar-refractivity contribution in [2.45, 2.75) is 6.42 Å². The molecule has 0 N–H and O–H groups in total.